The van der Waals surface area contributed by atoms with Gasteiger partial charge < -0.3 is 4.42 Å². The van der Waals surface area contributed by atoms with Crippen molar-refractivity contribution in [2.75, 3.05) is 0 Å². The van der Waals surface area contributed by atoms with Gasteiger partial charge >= 0.3 is 5.63 Å². The van der Waals surface area contributed by atoms with Gasteiger partial charge in [-0.3, -0.25) is 14.9 Å². The number of hydrogen-bond donors (Lipinski definition) is 0. The van der Waals surface area contributed by atoms with Crippen LogP contribution in [0.1, 0.15) is 16.1 Å². The lowest BCUT2D eigenvalue weighted by molar-refractivity contribution is -0.384. The van der Waals surface area contributed by atoms with Crippen molar-refractivity contribution in [1.29, 1.82) is 0 Å². The number of rotatable bonds is 4. The summed E-state index contributed by atoms with van der Waals surface area (Å²) in [7, 11) is 0. The van der Waals surface area contributed by atoms with Gasteiger partial charge in [-0.2, -0.15) is 0 Å². The number of nitro groups is 1. The monoisotopic (exact) mass is 271 g/mol. The summed E-state index contributed by atoms with van der Waals surface area (Å²) in [5.74, 6) is -0.130. The largest absolute Gasteiger partial charge is 0.419 e. The van der Waals surface area contributed by atoms with E-state index in [-0.39, 0.29) is 16.8 Å². The number of allylic oxidation sites excluding steroid dienone is 2. The zero-order valence-corrected chi connectivity index (χ0v) is 10.2. The van der Waals surface area contributed by atoms with Gasteiger partial charge in [0.2, 0.25) is 0 Å². The molecule has 0 aliphatic heterocycles. The van der Waals surface area contributed by atoms with Gasteiger partial charge in [0.05, 0.1) is 10.3 Å². The van der Waals surface area contributed by atoms with E-state index in [1.165, 1.54) is 18.2 Å². The summed E-state index contributed by atoms with van der Waals surface area (Å²) in [5, 5.41) is 11.2. The van der Waals surface area contributed by atoms with E-state index in [1.54, 1.807) is 12.2 Å². The highest BCUT2D eigenvalue weighted by Gasteiger charge is 2.15. The minimum Gasteiger partial charge on any atom is -0.419 e. The van der Waals surface area contributed by atoms with Crippen LogP contribution < -0.4 is 5.63 Å². The van der Waals surface area contributed by atoms with Gasteiger partial charge in [0.15, 0.2) is 12.0 Å². The summed E-state index contributed by atoms with van der Waals surface area (Å²) in [6.45, 7) is 3.51. The third-order valence-electron chi connectivity index (χ3n) is 2.70. The lowest BCUT2D eigenvalue weighted by Crippen LogP contribution is -2.05. The van der Waals surface area contributed by atoms with Crippen LogP contribution in [0.4, 0.5) is 5.69 Å². The molecule has 0 saturated carbocycles. The highest BCUT2D eigenvalue weighted by atomic mass is 16.6. The van der Waals surface area contributed by atoms with E-state index in [2.05, 4.69) is 6.58 Å². The van der Waals surface area contributed by atoms with E-state index in [0.29, 0.717) is 17.2 Å². The maximum Gasteiger partial charge on any atom is 0.344 e. The molecular weight excluding hydrogens is 262 g/mol. The van der Waals surface area contributed by atoms with Crippen molar-refractivity contribution in [3.63, 3.8) is 0 Å². The van der Waals surface area contributed by atoms with E-state index in [1.807, 2.05) is 0 Å². The first-order valence-electron chi connectivity index (χ1n) is 5.58. The van der Waals surface area contributed by atoms with Crippen LogP contribution in [0.2, 0.25) is 0 Å². The van der Waals surface area contributed by atoms with Crippen molar-refractivity contribution >= 4 is 28.8 Å². The number of non-ortho nitro benzene ring substituents is 1. The zero-order chi connectivity index (χ0) is 14.7. The van der Waals surface area contributed by atoms with E-state index < -0.39 is 10.5 Å². The number of fused-ring (bicyclic) bond motifs is 1. The Morgan fingerprint density at radius 2 is 2.05 bits per heavy atom. The molecule has 6 heteroatoms. The number of hydrogen-bond acceptors (Lipinski definition) is 5. The first-order chi connectivity index (χ1) is 9.58. The van der Waals surface area contributed by atoms with Crippen molar-refractivity contribution in [2.24, 2.45) is 0 Å². The first kappa shape index (κ1) is 13.4. The van der Waals surface area contributed by atoms with Crippen LogP contribution in [0.5, 0.6) is 0 Å². The Kier molecular flexibility index (Phi) is 3.56. The van der Waals surface area contributed by atoms with Crippen molar-refractivity contribution in [3.05, 3.63) is 68.8 Å². The SMILES string of the molecule is C=C/C=C\c1c(C=O)oc(=O)c2cc([N+](=O)[O-])ccc12. The maximum atomic E-state index is 11.8. The Labute approximate surface area is 112 Å². The second kappa shape index (κ2) is 5.31. The molecule has 0 unspecified atom stereocenters. The van der Waals surface area contributed by atoms with Crippen LogP contribution in [0.25, 0.3) is 16.8 Å². The number of nitrogens with zero attached hydrogens (tertiary/aromatic N) is 1. The van der Waals surface area contributed by atoms with E-state index in [0.717, 1.165) is 6.07 Å². The average molecular weight is 271 g/mol. The quantitative estimate of drug-likeness (QED) is 0.369. The predicted octanol–water partition coefficient (Wildman–Crippen LogP) is 2.71. The van der Waals surface area contributed by atoms with Gasteiger partial charge in [-0.05, 0) is 6.07 Å². The van der Waals surface area contributed by atoms with Crippen molar-refractivity contribution < 1.29 is 14.1 Å². The highest BCUT2D eigenvalue weighted by Crippen LogP contribution is 2.24. The van der Waals surface area contributed by atoms with Crippen molar-refractivity contribution in [1.82, 2.24) is 0 Å². The third kappa shape index (κ3) is 2.26. The predicted molar refractivity (Wildman–Crippen MR) is 73.8 cm³/mol. The molecule has 0 amide bonds. The Balaban J connectivity index is 2.88. The standard InChI is InChI=1S/C14H9NO5/c1-2-3-4-11-10-6-5-9(15(18)19)7-12(10)14(17)20-13(11)8-16/h2-8H,1H2/b4-3-. The molecular formula is C14H9NO5. The Hall–Kier alpha value is -3.02. The molecule has 0 fully saturated rings. The van der Waals surface area contributed by atoms with Crippen LogP contribution in [0, 0.1) is 10.1 Å². The molecule has 1 heterocycles. The fraction of sp³-hybridized carbons (Fsp3) is 0. The Bertz CT molecular complexity index is 801. The molecule has 0 aliphatic carbocycles. The third-order valence-corrected chi connectivity index (χ3v) is 2.70. The second-order valence-corrected chi connectivity index (χ2v) is 3.87. The van der Waals surface area contributed by atoms with Crippen LogP contribution in [-0.2, 0) is 0 Å². The lowest BCUT2D eigenvalue weighted by atomic mass is 10.0. The molecule has 0 aliphatic rings. The molecule has 0 N–H and O–H groups in total. The number of carbonyl (C=O) groups excluding carboxylic acids is 1. The zero-order valence-electron chi connectivity index (χ0n) is 10.2. The molecule has 2 aromatic rings. The van der Waals surface area contributed by atoms with Gasteiger partial charge in [0.1, 0.15) is 0 Å². The number of aldehydes is 1. The number of nitro benzene ring substituents is 1. The first-order valence-corrected chi connectivity index (χ1v) is 5.58. The van der Waals surface area contributed by atoms with Crippen molar-refractivity contribution in [3.8, 4) is 0 Å². The normalized spacial score (nSPS) is 10.8. The molecule has 20 heavy (non-hydrogen) atoms. The number of carbonyl (C=O) groups is 1. The van der Waals surface area contributed by atoms with Crippen molar-refractivity contribution in [2.45, 2.75) is 0 Å². The fourth-order valence-corrected chi connectivity index (χ4v) is 1.82. The second-order valence-electron chi connectivity index (χ2n) is 3.87. The van der Waals surface area contributed by atoms with Crippen LogP contribution in [-0.4, -0.2) is 11.2 Å². The molecule has 100 valence electrons. The molecule has 0 atom stereocenters. The summed E-state index contributed by atoms with van der Waals surface area (Å²) in [6.07, 6.45) is 5.04. The van der Waals surface area contributed by atoms with Gasteiger partial charge in [-0.15, -0.1) is 0 Å². The van der Waals surface area contributed by atoms with E-state index >= 15 is 0 Å². The van der Waals surface area contributed by atoms with E-state index in [9.17, 15) is 19.7 Å². The fourth-order valence-electron chi connectivity index (χ4n) is 1.82. The van der Waals surface area contributed by atoms with E-state index in [4.69, 9.17) is 4.42 Å². The topological polar surface area (TPSA) is 90.4 Å². The summed E-state index contributed by atoms with van der Waals surface area (Å²) < 4.78 is 4.87. The molecule has 1 aromatic carbocycles. The molecule has 0 saturated heterocycles. The van der Waals surface area contributed by atoms with Gasteiger partial charge in [0, 0.05) is 23.1 Å². The van der Waals surface area contributed by atoms with Gasteiger partial charge in [-0.25, -0.2) is 4.79 Å². The van der Waals surface area contributed by atoms with Crippen LogP contribution in [0.3, 0.4) is 0 Å². The molecule has 6 nitrogen and oxygen atoms in total. The highest BCUT2D eigenvalue weighted by molar-refractivity contribution is 5.96. The van der Waals surface area contributed by atoms with Crippen LogP contribution >= 0.6 is 0 Å². The molecule has 0 spiro atoms. The summed E-state index contributed by atoms with van der Waals surface area (Å²) in [5.41, 5.74) is -0.631. The molecule has 2 rings (SSSR count). The minimum atomic E-state index is -0.790. The summed E-state index contributed by atoms with van der Waals surface area (Å²) in [6, 6.07) is 3.81. The Morgan fingerprint density at radius 3 is 2.65 bits per heavy atom. The number of benzene rings is 1. The average Bonchev–Trinajstić information content (AvgIpc) is 2.45. The maximum absolute atomic E-state index is 11.8. The van der Waals surface area contributed by atoms with Gasteiger partial charge in [0.25, 0.3) is 5.69 Å². The lowest BCUT2D eigenvalue weighted by Gasteiger charge is -2.03. The summed E-state index contributed by atoms with van der Waals surface area (Å²) >= 11 is 0. The molecule has 0 radical (unpaired) electrons. The smallest absolute Gasteiger partial charge is 0.344 e. The minimum absolute atomic E-state index is 0.0495. The molecule has 1 aromatic heterocycles. The summed E-state index contributed by atoms with van der Waals surface area (Å²) in [4.78, 5) is 32.8. The van der Waals surface area contributed by atoms with Gasteiger partial charge in [-0.1, -0.05) is 24.8 Å². The molecule has 0 bridgehead atoms. The Morgan fingerprint density at radius 1 is 1.30 bits per heavy atom. The van der Waals surface area contributed by atoms with Crippen LogP contribution in [0.15, 0.2) is 46.1 Å².